The molecule has 3 aromatic carbocycles. The lowest BCUT2D eigenvalue weighted by Crippen LogP contribution is -2.20. The third-order valence-electron chi connectivity index (χ3n) is 5.53. The van der Waals surface area contributed by atoms with Gasteiger partial charge in [-0.2, -0.15) is 5.26 Å². The van der Waals surface area contributed by atoms with E-state index in [-0.39, 0.29) is 6.61 Å². The molecule has 1 aromatic heterocycles. The van der Waals surface area contributed by atoms with E-state index >= 15 is 0 Å². The Balaban J connectivity index is 1.34. The number of fused-ring (bicyclic) bond motifs is 1. The van der Waals surface area contributed by atoms with Gasteiger partial charge in [-0.05, 0) is 59.0 Å². The summed E-state index contributed by atoms with van der Waals surface area (Å²) in [7, 11) is 0. The number of amides is 1. The molecule has 1 atom stereocenters. The van der Waals surface area contributed by atoms with Crippen LogP contribution in [0.3, 0.4) is 0 Å². The number of aromatic nitrogens is 1. The van der Waals surface area contributed by atoms with Crippen LogP contribution in [0.1, 0.15) is 22.7 Å². The second-order valence-electron chi connectivity index (χ2n) is 7.99. The van der Waals surface area contributed by atoms with Crippen molar-refractivity contribution in [3.05, 3.63) is 95.7 Å². The lowest BCUT2D eigenvalue weighted by Gasteiger charge is -2.17. The SMILES string of the molecule is N#Cc1cccc(NC(=O)OCCc2ccc(C(Nc3ccc4c(N)nccc4c3)C(=O)O)cc2)c1. The Kier molecular flexibility index (Phi) is 7.27. The summed E-state index contributed by atoms with van der Waals surface area (Å²) in [5.74, 6) is -0.600. The third kappa shape index (κ3) is 5.87. The van der Waals surface area contributed by atoms with E-state index in [1.165, 1.54) is 0 Å². The first-order valence-corrected chi connectivity index (χ1v) is 11.1. The normalized spacial score (nSPS) is 11.3. The zero-order valence-corrected chi connectivity index (χ0v) is 19.1. The van der Waals surface area contributed by atoms with Crippen LogP contribution in [0.2, 0.25) is 0 Å². The number of hydrogen-bond donors (Lipinski definition) is 4. The minimum absolute atomic E-state index is 0.138. The minimum Gasteiger partial charge on any atom is -0.479 e. The van der Waals surface area contributed by atoms with E-state index in [1.807, 2.05) is 18.2 Å². The average molecular weight is 482 g/mol. The van der Waals surface area contributed by atoms with Gasteiger partial charge in [0, 0.05) is 29.4 Å². The second kappa shape index (κ2) is 10.9. The van der Waals surface area contributed by atoms with E-state index < -0.39 is 18.1 Å². The van der Waals surface area contributed by atoms with Crippen molar-refractivity contribution in [1.82, 2.24) is 4.98 Å². The summed E-state index contributed by atoms with van der Waals surface area (Å²) in [6.07, 6.45) is 1.44. The molecule has 9 heteroatoms. The molecular weight excluding hydrogens is 458 g/mol. The molecule has 0 aliphatic rings. The van der Waals surface area contributed by atoms with E-state index in [4.69, 9.17) is 15.7 Å². The first kappa shape index (κ1) is 24.0. The third-order valence-corrected chi connectivity index (χ3v) is 5.53. The molecule has 1 heterocycles. The van der Waals surface area contributed by atoms with E-state index in [0.717, 1.165) is 16.3 Å². The predicted octanol–water partition coefficient (Wildman–Crippen LogP) is 4.72. The van der Waals surface area contributed by atoms with Gasteiger partial charge in [0.1, 0.15) is 5.82 Å². The van der Waals surface area contributed by atoms with E-state index in [1.54, 1.807) is 66.9 Å². The maximum Gasteiger partial charge on any atom is 0.411 e. The number of rotatable bonds is 8. The topological polar surface area (TPSA) is 150 Å². The number of carbonyl (C=O) groups is 2. The number of pyridine rings is 1. The number of nitrogens with two attached hydrogens (primary N) is 1. The zero-order chi connectivity index (χ0) is 25.5. The molecule has 180 valence electrons. The number of nitrogens with one attached hydrogen (secondary N) is 2. The quantitative estimate of drug-likeness (QED) is 0.282. The summed E-state index contributed by atoms with van der Waals surface area (Å²) in [6.45, 7) is 0.138. The van der Waals surface area contributed by atoms with E-state index in [9.17, 15) is 14.7 Å². The fraction of sp³-hybridized carbons (Fsp3) is 0.111. The summed E-state index contributed by atoms with van der Waals surface area (Å²) < 4.78 is 5.21. The monoisotopic (exact) mass is 481 g/mol. The fourth-order valence-electron chi connectivity index (χ4n) is 3.70. The highest BCUT2D eigenvalue weighted by atomic mass is 16.5. The maximum atomic E-state index is 12.0. The van der Waals surface area contributed by atoms with Crippen LogP contribution in [0.25, 0.3) is 10.8 Å². The molecule has 0 fully saturated rings. The Morgan fingerprint density at radius 2 is 1.86 bits per heavy atom. The largest absolute Gasteiger partial charge is 0.479 e. The number of nitrogen functional groups attached to an aromatic ring is 1. The molecule has 4 aromatic rings. The van der Waals surface area contributed by atoms with Gasteiger partial charge in [0.15, 0.2) is 6.04 Å². The number of ether oxygens (including phenoxy) is 1. The van der Waals surface area contributed by atoms with Gasteiger partial charge in [0.2, 0.25) is 0 Å². The molecule has 0 aliphatic carbocycles. The van der Waals surface area contributed by atoms with Gasteiger partial charge in [-0.1, -0.05) is 30.3 Å². The lowest BCUT2D eigenvalue weighted by atomic mass is 10.0. The van der Waals surface area contributed by atoms with Gasteiger partial charge in [0.05, 0.1) is 18.2 Å². The van der Waals surface area contributed by atoms with Crippen LogP contribution in [0.4, 0.5) is 22.0 Å². The van der Waals surface area contributed by atoms with Gasteiger partial charge in [-0.3, -0.25) is 5.32 Å². The van der Waals surface area contributed by atoms with Crippen LogP contribution in [0, 0.1) is 11.3 Å². The highest BCUT2D eigenvalue weighted by molar-refractivity contribution is 5.93. The maximum absolute atomic E-state index is 12.0. The first-order chi connectivity index (χ1) is 17.4. The Morgan fingerprint density at radius 1 is 1.06 bits per heavy atom. The van der Waals surface area contributed by atoms with Crippen LogP contribution in [-0.2, 0) is 16.0 Å². The van der Waals surface area contributed by atoms with E-state index in [2.05, 4.69) is 15.6 Å². The zero-order valence-electron chi connectivity index (χ0n) is 19.1. The van der Waals surface area contributed by atoms with Crippen molar-refractivity contribution in [2.75, 3.05) is 23.0 Å². The van der Waals surface area contributed by atoms with Crippen molar-refractivity contribution in [3.8, 4) is 6.07 Å². The van der Waals surface area contributed by atoms with Gasteiger partial charge in [-0.25, -0.2) is 14.6 Å². The van der Waals surface area contributed by atoms with Gasteiger partial charge >= 0.3 is 12.1 Å². The molecule has 0 spiro atoms. The average Bonchev–Trinajstić information content (AvgIpc) is 2.88. The number of carboxylic acids is 1. The van der Waals surface area contributed by atoms with Crippen LogP contribution < -0.4 is 16.4 Å². The summed E-state index contributed by atoms with van der Waals surface area (Å²) >= 11 is 0. The summed E-state index contributed by atoms with van der Waals surface area (Å²) in [4.78, 5) is 28.0. The lowest BCUT2D eigenvalue weighted by molar-refractivity contribution is -0.138. The molecule has 4 rings (SSSR count). The number of nitrogens with zero attached hydrogens (tertiary/aromatic N) is 2. The van der Waals surface area contributed by atoms with Gasteiger partial charge in [-0.15, -0.1) is 0 Å². The number of benzene rings is 3. The van der Waals surface area contributed by atoms with Crippen LogP contribution >= 0.6 is 0 Å². The summed E-state index contributed by atoms with van der Waals surface area (Å²) in [5.41, 5.74) is 8.91. The molecule has 1 unspecified atom stereocenters. The molecule has 5 N–H and O–H groups in total. The van der Waals surface area contributed by atoms with Crippen molar-refractivity contribution < 1.29 is 19.4 Å². The van der Waals surface area contributed by atoms with Crippen molar-refractivity contribution >= 4 is 40.0 Å². The number of carbonyl (C=O) groups excluding carboxylic acids is 1. The molecule has 9 nitrogen and oxygen atoms in total. The van der Waals surface area contributed by atoms with Crippen LogP contribution in [-0.4, -0.2) is 28.8 Å². The first-order valence-electron chi connectivity index (χ1n) is 11.1. The Bertz CT molecular complexity index is 1450. The van der Waals surface area contributed by atoms with Crippen molar-refractivity contribution in [2.45, 2.75) is 12.5 Å². The molecule has 0 saturated heterocycles. The summed E-state index contributed by atoms with van der Waals surface area (Å²) in [5, 5.41) is 26.0. The van der Waals surface area contributed by atoms with Crippen LogP contribution in [0.5, 0.6) is 0 Å². The fourth-order valence-corrected chi connectivity index (χ4v) is 3.70. The Labute approximate surface area is 207 Å². The summed E-state index contributed by atoms with van der Waals surface area (Å²) in [6, 6.07) is 21.9. The van der Waals surface area contributed by atoms with E-state index in [0.29, 0.717) is 34.7 Å². The Hall–Kier alpha value is -5.10. The molecule has 0 radical (unpaired) electrons. The second-order valence-corrected chi connectivity index (χ2v) is 7.99. The minimum atomic E-state index is -1.02. The molecule has 0 saturated carbocycles. The number of carboxylic acid groups (broad SMARTS) is 1. The smallest absolute Gasteiger partial charge is 0.411 e. The number of anilines is 3. The van der Waals surface area contributed by atoms with Gasteiger partial charge < -0.3 is 20.9 Å². The molecule has 0 aliphatic heterocycles. The van der Waals surface area contributed by atoms with Crippen molar-refractivity contribution in [1.29, 1.82) is 5.26 Å². The predicted molar refractivity (Wildman–Crippen MR) is 136 cm³/mol. The number of aliphatic carboxylic acids is 1. The highest BCUT2D eigenvalue weighted by Crippen LogP contribution is 2.26. The molecule has 1 amide bonds. The van der Waals surface area contributed by atoms with Gasteiger partial charge in [0.25, 0.3) is 0 Å². The standard InChI is InChI=1S/C27H23N5O4/c28-16-18-2-1-3-21(14-18)32-27(35)36-13-11-17-4-6-19(7-5-17)24(26(33)34)31-22-8-9-23-20(15-22)10-12-30-25(23)29/h1-10,12,14-15,24,31H,11,13H2,(H2,29,30)(H,32,35)(H,33,34). The van der Waals surface area contributed by atoms with Crippen molar-refractivity contribution in [3.63, 3.8) is 0 Å². The number of nitriles is 1. The Morgan fingerprint density at radius 3 is 2.61 bits per heavy atom. The molecular formula is C27H23N5O4. The van der Waals surface area contributed by atoms with Crippen molar-refractivity contribution in [2.24, 2.45) is 0 Å². The molecule has 36 heavy (non-hydrogen) atoms. The number of hydrogen-bond acceptors (Lipinski definition) is 7. The highest BCUT2D eigenvalue weighted by Gasteiger charge is 2.20. The molecule has 0 bridgehead atoms. The van der Waals surface area contributed by atoms with Crippen LogP contribution in [0.15, 0.2) is 79.0 Å².